The number of alkyl carbamates (subject to hydrolysis) is 1. The van der Waals surface area contributed by atoms with Crippen LogP contribution in [0, 0.1) is 6.92 Å². The van der Waals surface area contributed by atoms with Gasteiger partial charge in [-0.3, -0.25) is 9.59 Å². The summed E-state index contributed by atoms with van der Waals surface area (Å²) in [6.07, 6.45) is -0.677. The van der Waals surface area contributed by atoms with E-state index in [9.17, 15) is 24.3 Å². The van der Waals surface area contributed by atoms with Gasteiger partial charge in [0.05, 0.1) is 6.61 Å². The van der Waals surface area contributed by atoms with Crippen LogP contribution in [0.15, 0.2) is 54.6 Å². The highest BCUT2D eigenvalue weighted by atomic mass is 32.1. The van der Waals surface area contributed by atoms with Gasteiger partial charge in [-0.15, -0.1) is 0 Å². The fourth-order valence-electron chi connectivity index (χ4n) is 4.29. The molecule has 0 aliphatic carbocycles. The number of carbonyl (C=O) groups excluding carboxylic acids is 4. The zero-order valence-corrected chi connectivity index (χ0v) is 26.9. The molecule has 0 saturated carbocycles. The summed E-state index contributed by atoms with van der Waals surface area (Å²) in [5.74, 6) is -2.05. The SMILES string of the molecule is Cc1cccc(C(C(=O)NC(Cc2ccccc2)C(=O)OC(C)(C)C)N(CCO)C(=O)C(CS)NC(=O)OC(C)(C)C)c1. The van der Waals surface area contributed by atoms with Crippen molar-refractivity contribution >= 4 is 36.5 Å². The van der Waals surface area contributed by atoms with Gasteiger partial charge in [0.1, 0.15) is 29.3 Å². The minimum atomic E-state index is -1.26. The number of benzene rings is 2. The van der Waals surface area contributed by atoms with Gasteiger partial charge in [-0.1, -0.05) is 60.2 Å². The maximum Gasteiger partial charge on any atom is 0.408 e. The average Bonchev–Trinajstić information content (AvgIpc) is 2.89. The molecule has 236 valence electrons. The third-order valence-corrected chi connectivity index (χ3v) is 6.37. The first kappa shape index (κ1) is 35.6. The van der Waals surface area contributed by atoms with Crippen molar-refractivity contribution in [2.24, 2.45) is 0 Å². The number of aliphatic hydroxyl groups excluding tert-OH is 1. The standard InChI is InChI=1S/C32H45N3O7S/c1-21-12-11-15-23(18-21)26(35(16-17-36)28(38)25(20-43)34-30(40)42-32(5,6)7)27(37)33-24(29(39)41-31(2,3)4)19-22-13-9-8-10-14-22/h8-15,18,24-26,36,43H,16-17,19-20H2,1-7H3,(H,33,37)(H,34,40). The van der Waals surface area contributed by atoms with E-state index in [2.05, 4.69) is 23.3 Å². The lowest BCUT2D eigenvalue weighted by atomic mass is 9.99. The first-order chi connectivity index (χ1) is 20.0. The van der Waals surface area contributed by atoms with Crippen molar-refractivity contribution in [1.29, 1.82) is 0 Å². The molecule has 10 nitrogen and oxygen atoms in total. The smallest absolute Gasteiger partial charge is 0.408 e. The number of amides is 3. The Kier molecular flexibility index (Phi) is 13.1. The summed E-state index contributed by atoms with van der Waals surface area (Å²) in [7, 11) is 0. The van der Waals surface area contributed by atoms with Crippen molar-refractivity contribution in [3.05, 3.63) is 71.3 Å². The molecule has 2 rings (SSSR count). The Bertz CT molecular complexity index is 1240. The molecule has 0 radical (unpaired) electrons. The summed E-state index contributed by atoms with van der Waals surface area (Å²) >= 11 is 4.26. The predicted molar refractivity (Wildman–Crippen MR) is 168 cm³/mol. The third-order valence-electron chi connectivity index (χ3n) is 6.00. The number of nitrogens with zero attached hydrogens (tertiary/aromatic N) is 1. The number of ether oxygens (including phenoxy) is 2. The third kappa shape index (κ3) is 11.9. The van der Waals surface area contributed by atoms with Crippen LogP contribution < -0.4 is 10.6 Å². The summed E-state index contributed by atoms with van der Waals surface area (Å²) < 4.78 is 10.9. The maximum atomic E-state index is 14.1. The predicted octanol–water partition coefficient (Wildman–Crippen LogP) is 3.75. The number of aliphatic hydroxyl groups is 1. The Hall–Kier alpha value is -3.57. The minimum Gasteiger partial charge on any atom is -0.458 e. The van der Waals surface area contributed by atoms with E-state index < -0.39 is 59.8 Å². The fourth-order valence-corrected chi connectivity index (χ4v) is 4.54. The number of thiol groups is 1. The van der Waals surface area contributed by atoms with Gasteiger partial charge in [-0.25, -0.2) is 9.59 Å². The minimum absolute atomic E-state index is 0.100. The average molecular weight is 616 g/mol. The molecule has 43 heavy (non-hydrogen) atoms. The van der Waals surface area contributed by atoms with Crippen LogP contribution in [0.2, 0.25) is 0 Å². The number of aryl methyl sites for hydroxylation is 1. The molecule has 0 bridgehead atoms. The zero-order valence-electron chi connectivity index (χ0n) is 26.0. The lowest BCUT2D eigenvalue weighted by molar-refractivity contribution is -0.159. The molecule has 11 heteroatoms. The van der Waals surface area contributed by atoms with Crippen molar-refractivity contribution in [3.63, 3.8) is 0 Å². The second-order valence-electron chi connectivity index (χ2n) is 12.2. The molecule has 0 spiro atoms. The Labute approximate surface area is 259 Å². The van der Waals surface area contributed by atoms with Crippen molar-refractivity contribution in [2.75, 3.05) is 18.9 Å². The summed E-state index contributed by atoms with van der Waals surface area (Å²) in [6, 6.07) is 12.7. The summed E-state index contributed by atoms with van der Waals surface area (Å²) in [5.41, 5.74) is 0.470. The molecule has 0 fully saturated rings. The van der Waals surface area contributed by atoms with Gasteiger partial charge in [0.15, 0.2) is 0 Å². The summed E-state index contributed by atoms with van der Waals surface area (Å²) in [6.45, 7) is 11.4. The summed E-state index contributed by atoms with van der Waals surface area (Å²) in [4.78, 5) is 55.0. The van der Waals surface area contributed by atoms with E-state index in [1.807, 2.05) is 43.3 Å². The first-order valence-electron chi connectivity index (χ1n) is 14.2. The van der Waals surface area contributed by atoms with Crippen molar-refractivity contribution in [3.8, 4) is 0 Å². The number of hydrogen-bond acceptors (Lipinski definition) is 8. The van der Waals surface area contributed by atoms with Gasteiger partial charge in [0.25, 0.3) is 0 Å². The van der Waals surface area contributed by atoms with E-state index in [1.54, 1.807) is 59.7 Å². The highest BCUT2D eigenvalue weighted by Gasteiger charge is 2.38. The van der Waals surface area contributed by atoms with E-state index in [-0.39, 0.29) is 18.7 Å². The molecule has 3 unspecified atom stereocenters. The molecule has 0 aromatic heterocycles. The van der Waals surface area contributed by atoms with E-state index in [4.69, 9.17) is 9.47 Å². The van der Waals surface area contributed by atoms with Crippen molar-refractivity contribution < 1.29 is 33.8 Å². The number of esters is 1. The molecule has 0 aliphatic rings. The highest BCUT2D eigenvalue weighted by molar-refractivity contribution is 7.80. The maximum absolute atomic E-state index is 14.1. The number of rotatable bonds is 12. The van der Waals surface area contributed by atoms with Crippen LogP contribution in [0.25, 0.3) is 0 Å². The Morgan fingerprint density at radius 1 is 0.884 bits per heavy atom. The van der Waals surface area contributed by atoms with Gasteiger partial charge in [-0.2, -0.15) is 12.6 Å². The lowest BCUT2D eigenvalue weighted by Gasteiger charge is -2.35. The van der Waals surface area contributed by atoms with Crippen LogP contribution >= 0.6 is 12.6 Å². The van der Waals surface area contributed by atoms with E-state index in [1.165, 1.54) is 4.90 Å². The quantitative estimate of drug-likeness (QED) is 0.211. The Morgan fingerprint density at radius 3 is 2.05 bits per heavy atom. The number of carbonyl (C=O) groups is 4. The summed E-state index contributed by atoms with van der Waals surface area (Å²) in [5, 5.41) is 15.3. The van der Waals surface area contributed by atoms with Gasteiger partial charge >= 0.3 is 12.1 Å². The van der Waals surface area contributed by atoms with E-state index in [0.717, 1.165) is 11.1 Å². The largest absolute Gasteiger partial charge is 0.458 e. The van der Waals surface area contributed by atoms with Crippen LogP contribution in [0.5, 0.6) is 0 Å². The molecule has 3 amide bonds. The van der Waals surface area contributed by atoms with Gasteiger partial charge in [0.2, 0.25) is 11.8 Å². The molecule has 0 aliphatic heterocycles. The Balaban J connectivity index is 2.52. The topological polar surface area (TPSA) is 134 Å². The highest BCUT2D eigenvalue weighted by Crippen LogP contribution is 2.24. The Morgan fingerprint density at radius 2 is 1.51 bits per heavy atom. The van der Waals surface area contributed by atoms with Crippen LogP contribution in [0.1, 0.15) is 64.3 Å². The molecule has 3 N–H and O–H groups in total. The number of hydrogen-bond donors (Lipinski definition) is 4. The molecule has 0 heterocycles. The van der Waals surface area contributed by atoms with Gasteiger partial charge < -0.3 is 30.1 Å². The number of nitrogens with one attached hydrogen (secondary N) is 2. The lowest BCUT2D eigenvalue weighted by Crippen LogP contribution is -2.56. The molecule has 2 aromatic rings. The zero-order chi connectivity index (χ0) is 32.4. The van der Waals surface area contributed by atoms with Crippen LogP contribution in [0.3, 0.4) is 0 Å². The first-order valence-corrected chi connectivity index (χ1v) is 14.8. The fraction of sp³-hybridized carbons (Fsp3) is 0.500. The van der Waals surface area contributed by atoms with Gasteiger partial charge in [-0.05, 0) is 59.6 Å². The molecule has 2 aromatic carbocycles. The molecule has 0 saturated heterocycles. The molecule has 3 atom stereocenters. The molecular formula is C32H45N3O7S. The van der Waals surface area contributed by atoms with E-state index in [0.29, 0.717) is 5.56 Å². The second kappa shape index (κ2) is 15.8. The van der Waals surface area contributed by atoms with Gasteiger partial charge in [0, 0.05) is 18.7 Å². The van der Waals surface area contributed by atoms with Crippen LogP contribution in [0.4, 0.5) is 4.79 Å². The second-order valence-corrected chi connectivity index (χ2v) is 12.6. The van der Waals surface area contributed by atoms with Crippen LogP contribution in [-0.4, -0.2) is 76.1 Å². The molecular weight excluding hydrogens is 570 g/mol. The van der Waals surface area contributed by atoms with E-state index >= 15 is 0 Å². The normalized spacial score (nSPS) is 13.7. The monoisotopic (exact) mass is 615 g/mol. The van der Waals surface area contributed by atoms with Crippen LogP contribution in [-0.2, 0) is 30.3 Å². The van der Waals surface area contributed by atoms with Crippen molar-refractivity contribution in [1.82, 2.24) is 15.5 Å². The van der Waals surface area contributed by atoms with Crippen molar-refractivity contribution in [2.45, 2.75) is 84.2 Å².